The molecule has 0 saturated carbocycles. The lowest BCUT2D eigenvalue weighted by Gasteiger charge is -2.10. The van der Waals surface area contributed by atoms with Crippen LogP contribution in [0.5, 0.6) is 0 Å². The van der Waals surface area contributed by atoms with E-state index in [1.54, 1.807) is 24.4 Å². The summed E-state index contributed by atoms with van der Waals surface area (Å²) >= 11 is 0. The maximum Gasteiger partial charge on any atom is 0.230 e. The smallest absolute Gasteiger partial charge is 0.230 e. The van der Waals surface area contributed by atoms with Gasteiger partial charge in [0, 0.05) is 17.6 Å². The van der Waals surface area contributed by atoms with Crippen molar-refractivity contribution in [3.63, 3.8) is 0 Å². The van der Waals surface area contributed by atoms with Crippen molar-refractivity contribution in [3.05, 3.63) is 48.3 Å². The number of benzene rings is 1. The van der Waals surface area contributed by atoms with Crippen LogP contribution in [0.2, 0.25) is 0 Å². The van der Waals surface area contributed by atoms with E-state index in [1.165, 1.54) is 10.7 Å². The Morgan fingerprint density at radius 2 is 2.08 bits per heavy atom. The molecular formula is C15H15N5O3S. The molecular weight excluding hydrogens is 330 g/mol. The van der Waals surface area contributed by atoms with Gasteiger partial charge in [-0.25, -0.2) is 13.1 Å². The fraction of sp³-hybridized carbons (Fsp3) is 0.133. The summed E-state index contributed by atoms with van der Waals surface area (Å²) in [6, 6.07) is 10.6. The standard InChI is InChI=1S/C15H15N5O3S/c1-24(22,23)19-15-9-10(8-14(16)21)18-20(15)13-6-2-5-12-11(13)4-3-7-17-12/h2-7,9,19H,8H2,1H3,(H2,16,21). The number of hydrogen-bond donors (Lipinski definition) is 2. The summed E-state index contributed by atoms with van der Waals surface area (Å²) in [5, 5.41) is 5.11. The van der Waals surface area contributed by atoms with Gasteiger partial charge in [-0.2, -0.15) is 5.10 Å². The van der Waals surface area contributed by atoms with Crippen LogP contribution in [0.1, 0.15) is 5.69 Å². The minimum absolute atomic E-state index is 0.0888. The van der Waals surface area contributed by atoms with Gasteiger partial charge in [0.25, 0.3) is 0 Å². The Balaban J connectivity index is 2.20. The van der Waals surface area contributed by atoms with Crippen LogP contribution in [0.15, 0.2) is 42.6 Å². The van der Waals surface area contributed by atoms with Gasteiger partial charge in [0.05, 0.1) is 29.6 Å². The lowest BCUT2D eigenvalue weighted by molar-refractivity contribution is -0.117. The molecule has 0 aliphatic heterocycles. The third kappa shape index (κ3) is 3.35. The zero-order chi connectivity index (χ0) is 17.3. The van der Waals surface area contributed by atoms with Crippen LogP contribution in [0.25, 0.3) is 16.6 Å². The quantitative estimate of drug-likeness (QED) is 0.709. The molecule has 0 aliphatic carbocycles. The molecule has 1 amide bonds. The van der Waals surface area contributed by atoms with E-state index in [2.05, 4.69) is 14.8 Å². The van der Waals surface area contributed by atoms with Gasteiger partial charge in [0.1, 0.15) is 5.82 Å². The van der Waals surface area contributed by atoms with Crippen LogP contribution in [-0.2, 0) is 21.2 Å². The molecule has 0 radical (unpaired) electrons. The van der Waals surface area contributed by atoms with E-state index < -0.39 is 15.9 Å². The number of carbonyl (C=O) groups excluding carboxylic acids is 1. The van der Waals surface area contributed by atoms with E-state index in [0.717, 1.165) is 17.2 Å². The second-order valence-electron chi connectivity index (χ2n) is 5.30. The van der Waals surface area contributed by atoms with Crippen LogP contribution in [0.4, 0.5) is 5.82 Å². The molecule has 0 fully saturated rings. The minimum atomic E-state index is -3.52. The predicted octanol–water partition coefficient (Wildman–Crippen LogP) is 0.820. The molecule has 3 aromatic rings. The molecule has 24 heavy (non-hydrogen) atoms. The first kappa shape index (κ1) is 15.9. The highest BCUT2D eigenvalue weighted by Crippen LogP contribution is 2.25. The molecule has 0 atom stereocenters. The maximum atomic E-state index is 11.6. The molecule has 124 valence electrons. The minimum Gasteiger partial charge on any atom is -0.369 e. The van der Waals surface area contributed by atoms with Crippen molar-refractivity contribution in [2.75, 3.05) is 11.0 Å². The number of sulfonamides is 1. The average Bonchev–Trinajstić information content (AvgIpc) is 2.86. The summed E-state index contributed by atoms with van der Waals surface area (Å²) in [6.45, 7) is 0. The highest BCUT2D eigenvalue weighted by atomic mass is 32.2. The third-order valence-corrected chi connectivity index (χ3v) is 3.84. The van der Waals surface area contributed by atoms with Gasteiger partial charge < -0.3 is 5.73 Å². The number of primary amides is 1. The molecule has 0 spiro atoms. The predicted molar refractivity (Wildman–Crippen MR) is 90.2 cm³/mol. The number of anilines is 1. The number of hydrogen-bond acceptors (Lipinski definition) is 5. The van der Waals surface area contributed by atoms with Gasteiger partial charge in [-0.1, -0.05) is 6.07 Å². The van der Waals surface area contributed by atoms with Crippen molar-refractivity contribution in [2.24, 2.45) is 5.73 Å². The Morgan fingerprint density at radius 3 is 2.79 bits per heavy atom. The Morgan fingerprint density at radius 1 is 1.29 bits per heavy atom. The second kappa shape index (κ2) is 5.93. The first-order chi connectivity index (χ1) is 11.3. The SMILES string of the molecule is CS(=O)(=O)Nc1cc(CC(N)=O)nn1-c1cccc2ncccc12. The van der Waals surface area contributed by atoms with Gasteiger partial charge in [0.2, 0.25) is 15.9 Å². The summed E-state index contributed by atoms with van der Waals surface area (Å²) in [5.74, 6) is -0.324. The fourth-order valence-electron chi connectivity index (χ4n) is 2.41. The summed E-state index contributed by atoms with van der Waals surface area (Å²) in [4.78, 5) is 15.4. The Hall–Kier alpha value is -2.94. The van der Waals surface area contributed by atoms with Crippen molar-refractivity contribution in [2.45, 2.75) is 6.42 Å². The molecule has 1 aromatic carbocycles. The lowest BCUT2D eigenvalue weighted by atomic mass is 10.2. The van der Waals surface area contributed by atoms with Crippen LogP contribution >= 0.6 is 0 Å². The second-order valence-corrected chi connectivity index (χ2v) is 7.05. The Kier molecular flexibility index (Phi) is 3.94. The number of fused-ring (bicyclic) bond motifs is 1. The highest BCUT2D eigenvalue weighted by Gasteiger charge is 2.16. The molecule has 8 nitrogen and oxygen atoms in total. The van der Waals surface area contributed by atoms with E-state index in [1.807, 2.05) is 12.1 Å². The summed E-state index contributed by atoms with van der Waals surface area (Å²) in [6.07, 6.45) is 2.63. The highest BCUT2D eigenvalue weighted by molar-refractivity contribution is 7.92. The summed E-state index contributed by atoms with van der Waals surface area (Å²) in [7, 11) is -3.52. The number of nitrogens with two attached hydrogens (primary N) is 1. The van der Waals surface area contributed by atoms with Crippen LogP contribution < -0.4 is 10.5 Å². The number of aromatic nitrogens is 3. The van der Waals surface area contributed by atoms with Crippen molar-refractivity contribution >= 4 is 32.7 Å². The number of pyridine rings is 1. The van der Waals surface area contributed by atoms with E-state index in [0.29, 0.717) is 11.4 Å². The van der Waals surface area contributed by atoms with E-state index in [9.17, 15) is 13.2 Å². The zero-order valence-electron chi connectivity index (χ0n) is 12.8. The van der Waals surface area contributed by atoms with Gasteiger partial charge in [0.15, 0.2) is 0 Å². The number of carbonyl (C=O) groups is 1. The molecule has 2 aromatic heterocycles. The number of rotatable bonds is 5. The molecule has 0 unspecified atom stereocenters. The number of nitrogens with one attached hydrogen (secondary N) is 1. The first-order valence-electron chi connectivity index (χ1n) is 7.02. The van der Waals surface area contributed by atoms with E-state index in [-0.39, 0.29) is 12.2 Å². The molecule has 3 N–H and O–H groups in total. The van der Waals surface area contributed by atoms with Gasteiger partial charge in [-0.05, 0) is 24.3 Å². The molecule has 0 saturated heterocycles. The maximum absolute atomic E-state index is 11.6. The van der Waals surface area contributed by atoms with Crippen molar-refractivity contribution in [1.82, 2.24) is 14.8 Å². The van der Waals surface area contributed by atoms with Crippen molar-refractivity contribution in [1.29, 1.82) is 0 Å². The van der Waals surface area contributed by atoms with Crippen LogP contribution in [0.3, 0.4) is 0 Å². The lowest BCUT2D eigenvalue weighted by Crippen LogP contribution is -2.14. The van der Waals surface area contributed by atoms with E-state index >= 15 is 0 Å². The molecule has 2 heterocycles. The van der Waals surface area contributed by atoms with Crippen molar-refractivity contribution in [3.8, 4) is 5.69 Å². The Bertz CT molecular complexity index is 1020. The normalized spacial score (nSPS) is 11.5. The summed E-state index contributed by atoms with van der Waals surface area (Å²) < 4.78 is 27.1. The molecule has 9 heteroatoms. The van der Waals surface area contributed by atoms with Gasteiger partial charge >= 0.3 is 0 Å². The van der Waals surface area contributed by atoms with E-state index in [4.69, 9.17) is 5.73 Å². The Labute approximate surface area is 138 Å². The van der Waals surface area contributed by atoms with Gasteiger partial charge in [-0.3, -0.25) is 14.5 Å². The fourth-order valence-corrected chi connectivity index (χ4v) is 2.94. The van der Waals surface area contributed by atoms with Crippen molar-refractivity contribution < 1.29 is 13.2 Å². The van der Waals surface area contributed by atoms with Crippen LogP contribution in [-0.4, -0.2) is 35.3 Å². The molecule has 0 bridgehead atoms. The zero-order valence-corrected chi connectivity index (χ0v) is 13.6. The number of nitrogens with zero attached hydrogens (tertiary/aromatic N) is 3. The largest absolute Gasteiger partial charge is 0.369 e. The summed E-state index contributed by atoms with van der Waals surface area (Å²) in [5.41, 5.74) is 6.96. The molecule has 0 aliphatic rings. The van der Waals surface area contributed by atoms with Gasteiger partial charge in [-0.15, -0.1) is 0 Å². The topological polar surface area (TPSA) is 120 Å². The van der Waals surface area contributed by atoms with Crippen LogP contribution in [0, 0.1) is 0 Å². The monoisotopic (exact) mass is 345 g/mol. The first-order valence-corrected chi connectivity index (χ1v) is 8.92. The molecule has 3 rings (SSSR count). The average molecular weight is 345 g/mol. The third-order valence-electron chi connectivity index (χ3n) is 3.26. The number of amides is 1.